The summed E-state index contributed by atoms with van der Waals surface area (Å²) in [7, 11) is 0. The molecule has 5 nitrogen and oxygen atoms in total. The van der Waals surface area contributed by atoms with E-state index < -0.39 is 0 Å². The fourth-order valence-corrected chi connectivity index (χ4v) is 6.24. The van der Waals surface area contributed by atoms with Crippen LogP contribution in [0.3, 0.4) is 0 Å². The fraction of sp³-hybridized carbons (Fsp3) is 0. The Kier molecular flexibility index (Phi) is 6.06. The lowest BCUT2D eigenvalue weighted by Gasteiger charge is -2.10. The van der Waals surface area contributed by atoms with Gasteiger partial charge in [-0.15, -0.1) is 0 Å². The first-order valence-corrected chi connectivity index (χ1v) is 15.3. The van der Waals surface area contributed by atoms with Gasteiger partial charge in [-0.05, 0) is 59.7 Å². The molecule has 216 valence electrons. The van der Waals surface area contributed by atoms with E-state index in [4.69, 9.17) is 19.4 Å². The molecule has 6 aromatic carbocycles. The van der Waals surface area contributed by atoms with Crippen molar-refractivity contribution in [1.82, 2.24) is 19.5 Å². The summed E-state index contributed by atoms with van der Waals surface area (Å²) in [5.74, 6) is 2.27. The number of hydrogen-bond donors (Lipinski definition) is 0. The van der Waals surface area contributed by atoms with Crippen LogP contribution in [0.5, 0.6) is 0 Å². The van der Waals surface area contributed by atoms with Gasteiger partial charge in [-0.25, -0.2) is 15.0 Å². The lowest BCUT2D eigenvalue weighted by molar-refractivity contribution is 0.625. The molecule has 0 bridgehead atoms. The van der Waals surface area contributed by atoms with Gasteiger partial charge in [-0.3, -0.25) is 0 Å². The zero-order valence-electron chi connectivity index (χ0n) is 24.7. The van der Waals surface area contributed by atoms with Crippen LogP contribution in [0.4, 0.5) is 0 Å². The van der Waals surface area contributed by atoms with Crippen LogP contribution in [-0.4, -0.2) is 19.5 Å². The summed E-state index contributed by atoms with van der Waals surface area (Å²) in [6.07, 6.45) is 0. The van der Waals surface area contributed by atoms with Gasteiger partial charge in [0.15, 0.2) is 23.2 Å². The lowest BCUT2D eigenvalue weighted by atomic mass is 10.0. The first-order valence-electron chi connectivity index (χ1n) is 15.3. The van der Waals surface area contributed by atoms with E-state index in [0.717, 1.165) is 38.9 Å². The molecule has 9 aromatic rings. The summed E-state index contributed by atoms with van der Waals surface area (Å²) in [4.78, 5) is 14.8. The SMILES string of the molecule is c1ccc(-c2ccc(-c3nc(-c4ccc(-n5c6ccccc6c6ccccc65)cc4)nc(-c4cc5ccccc5o4)n3)cc2)cc1. The molecule has 0 saturated carbocycles. The van der Waals surface area contributed by atoms with Gasteiger partial charge in [0.1, 0.15) is 5.58 Å². The van der Waals surface area contributed by atoms with Crippen molar-refractivity contribution in [2.45, 2.75) is 0 Å². The topological polar surface area (TPSA) is 56.7 Å². The predicted octanol–water partition coefficient (Wildman–Crippen LogP) is 10.4. The van der Waals surface area contributed by atoms with Crippen LogP contribution >= 0.6 is 0 Å². The van der Waals surface area contributed by atoms with Gasteiger partial charge in [-0.1, -0.05) is 109 Å². The Morgan fingerprint density at radius 3 is 1.57 bits per heavy atom. The average Bonchev–Trinajstić information content (AvgIpc) is 3.72. The van der Waals surface area contributed by atoms with E-state index >= 15 is 0 Å². The number of benzene rings is 6. The Hall–Kier alpha value is -6.33. The zero-order valence-corrected chi connectivity index (χ0v) is 24.7. The summed E-state index contributed by atoms with van der Waals surface area (Å²) < 4.78 is 8.51. The first-order chi connectivity index (χ1) is 22.8. The summed E-state index contributed by atoms with van der Waals surface area (Å²) in [5, 5.41) is 3.47. The van der Waals surface area contributed by atoms with Gasteiger partial charge in [0.2, 0.25) is 0 Å². The van der Waals surface area contributed by atoms with Crippen LogP contribution in [-0.2, 0) is 0 Å². The largest absolute Gasteiger partial charge is 0.453 e. The smallest absolute Gasteiger partial charge is 0.199 e. The second kappa shape index (κ2) is 10.7. The summed E-state index contributed by atoms with van der Waals surface area (Å²) >= 11 is 0. The molecular weight excluding hydrogens is 564 g/mol. The number of nitrogens with zero attached hydrogens (tertiary/aromatic N) is 4. The van der Waals surface area contributed by atoms with Crippen molar-refractivity contribution in [3.63, 3.8) is 0 Å². The second-order valence-electron chi connectivity index (χ2n) is 11.3. The molecule has 46 heavy (non-hydrogen) atoms. The molecule has 5 heteroatoms. The lowest BCUT2D eigenvalue weighted by Crippen LogP contribution is -2.00. The summed E-state index contributed by atoms with van der Waals surface area (Å²) in [6, 6.07) is 54.1. The molecule has 0 aliphatic heterocycles. The van der Waals surface area contributed by atoms with Crippen molar-refractivity contribution >= 4 is 32.8 Å². The van der Waals surface area contributed by atoms with Crippen LogP contribution in [0.2, 0.25) is 0 Å². The van der Waals surface area contributed by atoms with Crippen molar-refractivity contribution in [3.8, 4) is 51.2 Å². The van der Waals surface area contributed by atoms with Crippen LogP contribution in [0.25, 0.3) is 83.9 Å². The molecule has 0 aliphatic carbocycles. The third kappa shape index (κ3) is 4.45. The van der Waals surface area contributed by atoms with Crippen LogP contribution in [0.1, 0.15) is 0 Å². The Morgan fingerprint density at radius 1 is 0.413 bits per heavy atom. The first kappa shape index (κ1) is 26.1. The van der Waals surface area contributed by atoms with Gasteiger partial charge in [0.05, 0.1) is 11.0 Å². The fourth-order valence-electron chi connectivity index (χ4n) is 6.24. The number of aromatic nitrogens is 4. The molecule has 9 rings (SSSR count). The van der Waals surface area contributed by atoms with Crippen LogP contribution in [0, 0.1) is 0 Å². The van der Waals surface area contributed by atoms with Crippen molar-refractivity contribution in [1.29, 1.82) is 0 Å². The Labute approximate surface area is 265 Å². The maximum atomic E-state index is 6.21. The Bertz CT molecular complexity index is 2420. The number of hydrogen-bond acceptors (Lipinski definition) is 4. The predicted molar refractivity (Wildman–Crippen MR) is 186 cm³/mol. The van der Waals surface area contributed by atoms with E-state index in [-0.39, 0.29) is 0 Å². The van der Waals surface area contributed by atoms with Gasteiger partial charge in [-0.2, -0.15) is 0 Å². The highest BCUT2D eigenvalue weighted by Crippen LogP contribution is 2.33. The molecule has 0 saturated heterocycles. The third-order valence-corrected chi connectivity index (χ3v) is 8.50. The molecule has 0 radical (unpaired) electrons. The minimum Gasteiger partial charge on any atom is -0.453 e. The van der Waals surface area contributed by atoms with Crippen molar-refractivity contribution in [3.05, 3.63) is 158 Å². The second-order valence-corrected chi connectivity index (χ2v) is 11.3. The van der Waals surface area contributed by atoms with E-state index in [1.54, 1.807) is 0 Å². The summed E-state index contributed by atoms with van der Waals surface area (Å²) in [6.45, 7) is 0. The number of fused-ring (bicyclic) bond motifs is 4. The standard InChI is InChI=1S/C41H26N4O/c1-2-10-27(11-3-1)28-18-20-29(21-19-28)39-42-40(44-41(43-39)38-26-31-12-4-9-17-37(31)46-38)30-22-24-32(25-23-30)45-35-15-7-5-13-33(35)34-14-6-8-16-36(34)45/h1-26H. The Balaban J connectivity index is 1.16. The minimum atomic E-state index is 0.495. The van der Waals surface area contributed by atoms with E-state index in [0.29, 0.717) is 23.2 Å². The maximum Gasteiger partial charge on any atom is 0.199 e. The van der Waals surface area contributed by atoms with E-state index in [2.05, 4.69) is 114 Å². The number of rotatable bonds is 5. The van der Waals surface area contributed by atoms with Gasteiger partial charge in [0.25, 0.3) is 0 Å². The molecule has 0 N–H and O–H groups in total. The zero-order chi connectivity index (χ0) is 30.5. The van der Waals surface area contributed by atoms with Gasteiger partial charge < -0.3 is 8.98 Å². The molecule has 3 aromatic heterocycles. The van der Waals surface area contributed by atoms with Crippen molar-refractivity contribution in [2.75, 3.05) is 0 Å². The van der Waals surface area contributed by atoms with E-state index in [9.17, 15) is 0 Å². The summed E-state index contributed by atoms with van der Waals surface area (Å²) in [5.41, 5.74) is 8.31. The maximum absolute atomic E-state index is 6.21. The molecule has 0 spiro atoms. The normalized spacial score (nSPS) is 11.5. The molecule has 0 amide bonds. The highest BCUT2D eigenvalue weighted by Gasteiger charge is 2.17. The number of para-hydroxylation sites is 3. The van der Waals surface area contributed by atoms with Crippen LogP contribution in [0.15, 0.2) is 162 Å². The van der Waals surface area contributed by atoms with E-state index in [1.165, 1.54) is 21.8 Å². The minimum absolute atomic E-state index is 0.495. The van der Waals surface area contributed by atoms with Crippen LogP contribution < -0.4 is 0 Å². The molecule has 0 atom stereocenters. The molecule has 3 heterocycles. The molecule has 0 aliphatic rings. The number of furan rings is 1. The van der Waals surface area contributed by atoms with Gasteiger partial charge in [0, 0.05) is 33.0 Å². The van der Waals surface area contributed by atoms with E-state index in [1.807, 2.05) is 48.5 Å². The van der Waals surface area contributed by atoms with Crippen molar-refractivity contribution < 1.29 is 4.42 Å². The highest BCUT2D eigenvalue weighted by atomic mass is 16.3. The highest BCUT2D eigenvalue weighted by molar-refractivity contribution is 6.09. The van der Waals surface area contributed by atoms with Crippen molar-refractivity contribution in [2.24, 2.45) is 0 Å². The monoisotopic (exact) mass is 590 g/mol. The average molecular weight is 591 g/mol. The molecular formula is C41H26N4O. The quantitative estimate of drug-likeness (QED) is 0.200. The van der Waals surface area contributed by atoms with Gasteiger partial charge >= 0.3 is 0 Å². The third-order valence-electron chi connectivity index (χ3n) is 8.50. The Morgan fingerprint density at radius 2 is 0.913 bits per heavy atom. The molecule has 0 fully saturated rings. The molecule has 0 unspecified atom stereocenters.